The topological polar surface area (TPSA) is 70.7 Å². The SMILES string of the molecule is Cc1ccc(CCNc2cn[nH]c(=O)c2Cl)cn1. The van der Waals surface area contributed by atoms with Crippen molar-refractivity contribution in [2.45, 2.75) is 13.3 Å². The van der Waals surface area contributed by atoms with E-state index in [9.17, 15) is 4.79 Å². The van der Waals surface area contributed by atoms with Crippen molar-refractivity contribution in [3.8, 4) is 0 Å². The summed E-state index contributed by atoms with van der Waals surface area (Å²) < 4.78 is 0. The van der Waals surface area contributed by atoms with E-state index in [0.29, 0.717) is 12.2 Å². The van der Waals surface area contributed by atoms with Crippen LogP contribution in [0.5, 0.6) is 0 Å². The second-order valence-corrected chi connectivity index (χ2v) is 4.29. The lowest BCUT2D eigenvalue weighted by Crippen LogP contribution is -2.13. The van der Waals surface area contributed by atoms with Gasteiger partial charge >= 0.3 is 0 Å². The summed E-state index contributed by atoms with van der Waals surface area (Å²) in [6.07, 6.45) is 4.14. The molecule has 0 amide bonds. The number of aromatic nitrogens is 3. The van der Waals surface area contributed by atoms with Crippen LogP contribution in [0.4, 0.5) is 5.69 Å². The second kappa shape index (κ2) is 5.64. The molecular weight excluding hydrogens is 252 g/mol. The first-order valence-corrected chi connectivity index (χ1v) is 5.93. The summed E-state index contributed by atoms with van der Waals surface area (Å²) in [7, 11) is 0. The largest absolute Gasteiger partial charge is 0.382 e. The average molecular weight is 265 g/mol. The van der Waals surface area contributed by atoms with E-state index in [1.807, 2.05) is 25.3 Å². The normalized spacial score (nSPS) is 10.3. The molecule has 0 aliphatic carbocycles. The highest BCUT2D eigenvalue weighted by molar-refractivity contribution is 6.32. The van der Waals surface area contributed by atoms with Crippen LogP contribution >= 0.6 is 11.6 Å². The maximum atomic E-state index is 11.2. The molecule has 0 aliphatic rings. The van der Waals surface area contributed by atoms with E-state index >= 15 is 0 Å². The molecule has 2 aromatic heterocycles. The Hall–Kier alpha value is -1.88. The summed E-state index contributed by atoms with van der Waals surface area (Å²) in [5.41, 5.74) is 2.27. The molecule has 5 nitrogen and oxygen atoms in total. The van der Waals surface area contributed by atoms with Crippen LogP contribution in [-0.2, 0) is 6.42 Å². The van der Waals surface area contributed by atoms with E-state index in [4.69, 9.17) is 11.6 Å². The zero-order chi connectivity index (χ0) is 13.0. The Morgan fingerprint density at radius 1 is 1.39 bits per heavy atom. The summed E-state index contributed by atoms with van der Waals surface area (Å²) in [5.74, 6) is 0. The number of H-pyrrole nitrogens is 1. The molecule has 0 saturated carbocycles. The van der Waals surface area contributed by atoms with Crippen LogP contribution in [0.25, 0.3) is 0 Å². The van der Waals surface area contributed by atoms with Crippen LogP contribution in [0, 0.1) is 6.92 Å². The predicted molar refractivity (Wildman–Crippen MR) is 71.0 cm³/mol. The highest BCUT2D eigenvalue weighted by Crippen LogP contribution is 2.14. The summed E-state index contributed by atoms with van der Waals surface area (Å²) in [6.45, 7) is 2.61. The third-order valence-corrected chi connectivity index (χ3v) is 2.87. The minimum Gasteiger partial charge on any atom is -0.382 e. The van der Waals surface area contributed by atoms with Gasteiger partial charge in [-0.25, -0.2) is 5.10 Å². The van der Waals surface area contributed by atoms with E-state index in [-0.39, 0.29) is 5.02 Å². The van der Waals surface area contributed by atoms with Gasteiger partial charge in [-0.15, -0.1) is 0 Å². The molecule has 0 radical (unpaired) electrons. The van der Waals surface area contributed by atoms with Crippen molar-refractivity contribution in [2.24, 2.45) is 0 Å². The molecule has 18 heavy (non-hydrogen) atoms. The van der Waals surface area contributed by atoms with Crippen molar-refractivity contribution < 1.29 is 0 Å². The number of rotatable bonds is 4. The van der Waals surface area contributed by atoms with Crippen molar-refractivity contribution in [1.82, 2.24) is 15.2 Å². The van der Waals surface area contributed by atoms with Crippen molar-refractivity contribution in [3.05, 3.63) is 51.2 Å². The molecule has 2 heterocycles. The molecule has 0 aromatic carbocycles. The molecule has 2 N–H and O–H groups in total. The van der Waals surface area contributed by atoms with Gasteiger partial charge in [0.15, 0.2) is 0 Å². The summed E-state index contributed by atoms with van der Waals surface area (Å²) >= 11 is 5.84. The number of hydrogen-bond donors (Lipinski definition) is 2. The number of nitrogens with one attached hydrogen (secondary N) is 2. The maximum absolute atomic E-state index is 11.2. The van der Waals surface area contributed by atoms with Crippen LogP contribution in [0.2, 0.25) is 5.02 Å². The van der Waals surface area contributed by atoms with Crippen LogP contribution in [0.1, 0.15) is 11.3 Å². The molecule has 2 rings (SSSR count). The zero-order valence-electron chi connectivity index (χ0n) is 9.90. The number of aryl methyl sites for hydroxylation is 1. The second-order valence-electron chi connectivity index (χ2n) is 3.91. The summed E-state index contributed by atoms with van der Waals surface area (Å²) in [4.78, 5) is 15.4. The summed E-state index contributed by atoms with van der Waals surface area (Å²) in [5, 5.41) is 9.16. The molecule has 0 unspecified atom stereocenters. The Labute approximate surface area is 109 Å². The van der Waals surface area contributed by atoms with Gasteiger partial charge in [-0.2, -0.15) is 5.10 Å². The van der Waals surface area contributed by atoms with Gasteiger partial charge < -0.3 is 5.32 Å². The number of halogens is 1. The molecule has 0 aliphatic heterocycles. The molecular formula is C12H13ClN4O. The molecule has 0 spiro atoms. The Bertz CT molecular complexity index is 579. The lowest BCUT2D eigenvalue weighted by Gasteiger charge is -2.06. The van der Waals surface area contributed by atoms with Gasteiger partial charge in [0.25, 0.3) is 5.56 Å². The van der Waals surface area contributed by atoms with Crippen LogP contribution < -0.4 is 10.9 Å². The van der Waals surface area contributed by atoms with Crippen LogP contribution in [0.15, 0.2) is 29.3 Å². The van der Waals surface area contributed by atoms with Crippen LogP contribution in [0.3, 0.4) is 0 Å². The van der Waals surface area contributed by atoms with Gasteiger partial charge in [0.1, 0.15) is 5.02 Å². The zero-order valence-corrected chi connectivity index (χ0v) is 10.7. The minimum atomic E-state index is -0.390. The number of aromatic amines is 1. The Balaban J connectivity index is 1.94. The fourth-order valence-electron chi connectivity index (χ4n) is 1.49. The molecule has 6 heteroatoms. The molecule has 2 aromatic rings. The number of anilines is 1. The van der Waals surface area contributed by atoms with Crippen molar-refractivity contribution >= 4 is 17.3 Å². The third-order valence-electron chi connectivity index (χ3n) is 2.50. The van der Waals surface area contributed by atoms with Gasteiger partial charge in [-0.1, -0.05) is 17.7 Å². The van der Waals surface area contributed by atoms with Crippen molar-refractivity contribution in [1.29, 1.82) is 0 Å². The van der Waals surface area contributed by atoms with Crippen molar-refractivity contribution in [2.75, 3.05) is 11.9 Å². The number of pyridine rings is 1. The van der Waals surface area contributed by atoms with E-state index in [1.54, 1.807) is 0 Å². The standard InChI is InChI=1S/C12H13ClN4O/c1-8-2-3-9(6-15-8)4-5-14-10-7-16-17-12(18)11(10)13/h2-3,6-7H,4-5H2,1H3,(H2,14,17,18). The minimum absolute atomic E-state index is 0.132. The van der Waals surface area contributed by atoms with Gasteiger partial charge in [-0.3, -0.25) is 9.78 Å². The van der Waals surface area contributed by atoms with E-state index in [0.717, 1.165) is 17.7 Å². The number of nitrogens with zero attached hydrogens (tertiary/aromatic N) is 2. The predicted octanol–water partition coefficient (Wildman–Crippen LogP) is 1.78. The Kier molecular flexibility index (Phi) is 3.94. The molecule has 0 fully saturated rings. The van der Waals surface area contributed by atoms with Gasteiger partial charge in [0.05, 0.1) is 11.9 Å². The van der Waals surface area contributed by atoms with Gasteiger partial charge in [0.2, 0.25) is 0 Å². The first-order chi connectivity index (χ1) is 8.66. The van der Waals surface area contributed by atoms with Gasteiger partial charge in [-0.05, 0) is 25.0 Å². The monoisotopic (exact) mass is 264 g/mol. The first-order valence-electron chi connectivity index (χ1n) is 5.55. The molecule has 0 saturated heterocycles. The third kappa shape index (κ3) is 3.07. The lowest BCUT2D eigenvalue weighted by molar-refractivity contribution is 0.963. The first kappa shape index (κ1) is 12.6. The van der Waals surface area contributed by atoms with E-state index < -0.39 is 5.56 Å². The highest BCUT2D eigenvalue weighted by atomic mass is 35.5. The average Bonchev–Trinajstić information content (AvgIpc) is 2.37. The van der Waals surface area contributed by atoms with E-state index in [2.05, 4.69) is 20.5 Å². The molecule has 94 valence electrons. The van der Waals surface area contributed by atoms with Crippen molar-refractivity contribution in [3.63, 3.8) is 0 Å². The quantitative estimate of drug-likeness (QED) is 0.883. The lowest BCUT2D eigenvalue weighted by atomic mass is 10.2. The molecule has 0 atom stereocenters. The summed E-state index contributed by atoms with van der Waals surface area (Å²) in [6, 6.07) is 4.00. The Morgan fingerprint density at radius 3 is 2.94 bits per heavy atom. The van der Waals surface area contributed by atoms with Gasteiger partial charge in [0, 0.05) is 18.4 Å². The maximum Gasteiger partial charge on any atom is 0.285 e. The number of hydrogen-bond acceptors (Lipinski definition) is 4. The van der Waals surface area contributed by atoms with E-state index in [1.165, 1.54) is 6.20 Å². The smallest absolute Gasteiger partial charge is 0.285 e. The van der Waals surface area contributed by atoms with Crippen LogP contribution in [-0.4, -0.2) is 21.7 Å². The highest BCUT2D eigenvalue weighted by Gasteiger charge is 2.03. The fourth-order valence-corrected chi connectivity index (χ4v) is 1.65. The Morgan fingerprint density at radius 2 is 2.22 bits per heavy atom. The fraction of sp³-hybridized carbons (Fsp3) is 0.250. The molecule has 0 bridgehead atoms.